The van der Waals surface area contributed by atoms with E-state index in [2.05, 4.69) is 6.07 Å². The van der Waals surface area contributed by atoms with Gasteiger partial charge < -0.3 is 4.74 Å². The van der Waals surface area contributed by atoms with Gasteiger partial charge in [0.25, 0.3) is 0 Å². The van der Waals surface area contributed by atoms with Crippen LogP contribution in [0.1, 0.15) is 19.8 Å². The summed E-state index contributed by atoms with van der Waals surface area (Å²) in [6.07, 6.45) is 0.876. The average Bonchev–Trinajstić information content (AvgIpc) is 2.17. The second-order valence-electron chi connectivity index (χ2n) is 3.09. The fourth-order valence-electron chi connectivity index (χ4n) is 1.11. The maximum atomic E-state index is 10.9. The van der Waals surface area contributed by atoms with Gasteiger partial charge in [0.15, 0.2) is 0 Å². The Labute approximate surface area is 89.6 Å². The minimum Gasteiger partial charge on any atom is -0.472 e. The molecular weight excluding hydrogens is 216 g/mol. The summed E-state index contributed by atoms with van der Waals surface area (Å²) >= 11 is 0. The average molecular weight is 229 g/mol. The number of hydrogen-bond donors (Lipinski definition) is 1. The van der Waals surface area contributed by atoms with Gasteiger partial charge in [-0.3, -0.25) is 4.55 Å². The lowest BCUT2D eigenvalue weighted by Gasteiger charge is -2.15. The monoisotopic (exact) mass is 229 g/mol. The van der Waals surface area contributed by atoms with Gasteiger partial charge in [0.2, 0.25) is 5.44 Å². The van der Waals surface area contributed by atoms with E-state index in [1.165, 1.54) is 0 Å². The highest BCUT2D eigenvalue weighted by molar-refractivity contribution is 7.86. The first-order valence-corrected chi connectivity index (χ1v) is 6.13. The lowest BCUT2D eigenvalue weighted by atomic mass is 10.3. The zero-order valence-electron chi connectivity index (χ0n) is 8.38. The molecule has 1 aromatic rings. The second-order valence-corrected chi connectivity index (χ2v) is 4.64. The van der Waals surface area contributed by atoms with Gasteiger partial charge in [0.05, 0.1) is 0 Å². The van der Waals surface area contributed by atoms with Gasteiger partial charge in [-0.05, 0) is 18.2 Å². The quantitative estimate of drug-likeness (QED) is 0.783. The molecule has 0 aliphatic rings. The molecular formula is C10H13O4S. The maximum absolute atomic E-state index is 10.9. The molecule has 0 saturated carbocycles. The standard InChI is InChI=1S/C10H13O4S/c1-2-6-10(15(11,12)13)14-9-7-4-3-5-8-9/h4-5,7-8,10H,2,6H2,1H3,(H,11,12,13). The van der Waals surface area contributed by atoms with E-state index in [0.29, 0.717) is 12.2 Å². The Morgan fingerprint density at radius 3 is 2.53 bits per heavy atom. The molecule has 1 radical (unpaired) electrons. The molecule has 15 heavy (non-hydrogen) atoms. The Bertz CT molecular complexity index is 385. The largest absolute Gasteiger partial charge is 0.472 e. The number of benzene rings is 1. The fourth-order valence-corrected chi connectivity index (χ4v) is 1.87. The molecule has 0 saturated heterocycles. The molecule has 1 aromatic carbocycles. The Morgan fingerprint density at radius 1 is 1.47 bits per heavy atom. The molecule has 0 aromatic heterocycles. The van der Waals surface area contributed by atoms with Crippen molar-refractivity contribution >= 4 is 10.1 Å². The smallest absolute Gasteiger partial charge is 0.303 e. The van der Waals surface area contributed by atoms with Gasteiger partial charge in [0, 0.05) is 6.42 Å². The van der Waals surface area contributed by atoms with Crippen molar-refractivity contribution in [3.63, 3.8) is 0 Å². The van der Waals surface area contributed by atoms with E-state index in [1.54, 1.807) is 24.3 Å². The summed E-state index contributed by atoms with van der Waals surface area (Å²) in [6, 6.07) is 9.19. The van der Waals surface area contributed by atoms with Gasteiger partial charge in [-0.15, -0.1) is 0 Å². The molecule has 1 rings (SSSR count). The van der Waals surface area contributed by atoms with Gasteiger partial charge >= 0.3 is 10.1 Å². The topological polar surface area (TPSA) is 63.6 Å². The normalized spacial score (nSPS) is 13.5. The van der Waals surface area contributed by atoms with Crippen LogP contribution in [0.5, 0.6) is 5.75 Å². The molecule has 1 unspecified atom stereocenters. The summed E-state index contributed by atoms with van der Waals surface area (Å²) in [7, 11) is -4.16. The van der Waals surface area contributed by atoms with Crippen LogP contribution in [0.15, 0.2) is 24.3 Å². The van der Waals surface area contributed by atoms with Crippen molar-refractivity contribution in [2.45, 2.75) is 25.2 Å². The molecule has 0 aliphatic carbocycles. The lowest BCUT2D eigenvalue weighted by molar-refractivity contribution is 0.245. The van der Waals surface area contributed by atoms with Crippen molar-refractivity contribution in [2.24, 2.45) is 0 Å². The zero-order valence-corrected chi connectivity index (χ0v) is 9.20. The predicted octanol–water partition coefficient (Wildman–Crippen LogP) is 1.88. The Kier molecular flexibility index (Phi) is 4.11. The van der Waals surface area contributed by atoms with E-state index in [-0.39, 0.29) is 6.42 Å². The highest BCUT2D eigenvalue weighted by Gasteiger charge is 2.23. The number of ether oxygens (including phenoxy) is 1. The zero-order chi connectivity index (χ0) is 11.3. The van der Waals surface area contributed by atoms with Gasteiger partial charge in [0.1, 0.15) is 5.75 Å². The van der Waals surface area contributed by atoms with Crippen molar-refractivity contribution in [2.75, 3.05) is 0 Å². The molecule has 83 valence electrons. The van der Waals surface area contributed by atoms with Crippen LogP contribution in [0.4, 0.5) is 0 Å². The molecule has 1 N–H and O–H groups in total. The summed E-state index contributed by atoms with van der Waals surface area (Å²) in [6.45, 7) is 1.82. The third-order valence-electron chi connectivity index (χ3n) is 1.81. The fraction of sp³-hybridized carbons (Fsp3) is 0.400. The third-order valence-corrected chi connectivity index (χ3v) is 2.81. The van der Waals surface area contributed by atoms with E-state index in [4.69, 9.17) is 9.29 Å². The predicted molar refractivity (Wildman–Crippen MR) is 56.2 cm³/mol. The Morgan fingerprint density at radius 2 is 2.07 bits per heavy atom. The van der Waals surface area contributed by atoms with Crippen LogP contribution in [0.25, 0.3) is 0 Å². The van der Waals surface area contributed by atoms with E-state index < -0.39 is 15.6 Å². The highest BCUT2D eigenvalue weighted by atomic mass is 32.2. The lowest BCUT2D eigenvalue weighted by Crippen LogP contribution is -2.26. The molecule has 0 aliphatic heterocycles. The van der Waals surface area contributed by atoms with Crippen molar-refractivity contribution < 1.29 is 17.7 Å². The van der Waals surface area contributed by atoms with E-state index in [0.717, 1.165) is 0 Å². The van der Waals surface area contributed by atoms with E-state index >= 15 is 0 Å². The molecule has 0 spiro atoms. The minimum atomic E-state index is -4.16. The summed E-state index contributed by atoms with van der Waals surface area (Å²) in [5, 5.41) is 0. The second kappa shape index (κ2) is 5.14. The van der Waals surface area contributed by atoms with Gasteiger partial charge in [-0.2, -0.15) is 8.42 Å². The van der Waals surface area contributed by atoms with Crippen molar-refractivity contribution in [1.29, 1.82) is 0 Å². The molecule has 5 heteroatoms. The first kappa shape index (κ1) is 12.0. The van der Waals surface area contributed by atoms with Gasteiger partial charge in [-0.1, -0.05) is 25.5 Å². The van der Waals surface area contributed by atoms with Crippen LogP contribution in [-0.2, 0) is 10.1 Å². The van der Waals surface area contributed by atoms with Crippen LogP contribution in [-0.4, -0.2) is 18.4 Å². The summed E-state index contributed by atoms with van der Waals surface area (Å²) in [5.41, 5.74) is -1.19. The summed E-state index contributed by atoms with van der Waals surface area (Å²) < 4.78 is 36.0. The first-order valence-electron chi connectivity index (χ1n) is 4.63. The van der Waals surface area contributed by atoms with Crippen LogP contribution in [0.3, 0.4) is 0 Å². The van der Waals surface area contributed by atoms with E-state index in [1.807, 2.05) is 6.92 Å². The van der Waals surface area contributed by atoms with Crippen molar-refractivity contribution in [1.82, 2.24) is 0 Å². The first-order chi connectivity index (χ1) is 7.04. The molecule has 0 amide bonds. The molecule has 0 bridgehead atoms. The van der Waals surface area contributed by atoms with Crippen LogP contribution < -0.4 is 4.74 Å². The third kappa shape index (κ3) is 3.89. The highest BCUT2D eigenvalue weighted by Crippen LogP contribution is 2.16. The summed E-state index contributed by atoms with van der Waals surface area (Å²) in [4.78, 5) is 0. The van der Waals surface area contributed by atoms with Crippen molar-refractivity contribution in [3.05, 3.63) is 30.3 Å². The molecule has 0 heterocycles. The SMILES string of the molecule is CCCC(Oc1cc[c]cc1)S(=O)(=O)O. The Hall–Kier alpha value is -1.07. The minimum absolute atomic E-state index is 0.261. The van der Waals surface area contributed by atoms with Crippen LogP contribution in [0.2, 0.25) is 0 Å². The Balaban J connectivity index is 2.76. The summed E-state index contributed by atoms with van der Waals surface area (Å²) in [5.74, 6) is 0.407. The molecule has 1 atom stereocenters. The maximum Gasteiger partial charge on any atom is 0.303 e. The number of hydrogen-bond acceptors (Lipinski definition) is 3. The number of rotatable bonds is 5. The van der Waals surface area contributed by atoms with Crippen LogP contribution >= 0.6 is 0 Å². The van der Waals surface area contributed by atoms with Gasteiger partial charge in [-0.25, -0.2) is 0 Å². The molecule has 0 fully saturated rings. The van der Waals surface area contributed by atoms with Crippen molar-refractivity contribution in [3.8, 4) is 5.75 Å². The van der Waals surface area contributed by atoms with Crippen LogP contribution in [0, 0.1) is 6.07 Å². The van der Waals surface area contributed by atoms with E-state index in [9.17, 15) is 8.42 Å². The molecule has 4 nitrogen and oxygen atoms in total.